The van der Waals surface area contributed by atoms with Gasteiger partial charge in [0.15, 0.2) is 0 Å². The minimum Gasteiger partial charge on any atom is -0.0801 e. The van der Waals surface area contributed by atoms with Crippen molar-refractivity contribution in [3.8, 4) is 11.1 Å². The molecular weight excluding hydrogens is 324 g/mol. The molecule has 0 N–H and O–H groups in total. The molecule has 27 heavy (non-hydrogen) atoms. The third kappa shape index (κ3) is 3.31. The topological polar surface area (TPSA) is 0 Å². The Labute approximate surface area is 161 Å². The summed E-state index contributed by atoms with van der Waals surface area (Å²) in [6.45, 7) is 0. The van der Waals surface area contributed by atoms with Gasteiger partial charge in [-0.15, -0.1) is 0 Å². The summed E-state index contributed by atoms with van der Waals surface area (Å²) in [5, 5.41) is 0. The van der Waals surface area contributed by atoms with E-state index in [2.05, 4.69) is 97.2 Å². The van der Waals surface area contributed by atoms with Crippen molar-refractivity contribution in [1.82, 2.24) is 0 Å². The van der Waals surface area contributed by atoms with Gasteiger partial charge in [-0.2, -0.15) is 0 Å². The van der Waals surface area contributed by atoms with Gasteiger partial charge in [-0.3, -0.25) is 0 Å². The van der Waals surface area contributed by atoms with E-state index in [0.717, 1.165) is 19.3 Å². The van der Waals surface area contributed by atoms with E-state index in [1.807, 2.05) is 0 Å². The van der Waals surface area contributed by atoms with Crippen LogP contribution in [0.15, 0.2) is 96.2 Å². The van der Waals surface area contributed by atoms with E-state index < -0.39 is 0 Å². The van der Waals surface area contributed by atoms with Gasteiger partial charge in [0.25, 0.3) is 0 Å². The van der Waals surface area contributed by atoms with Crippen LogP contribution in [0.5, 0.6) is 0 Å². The highest BCUT2D eigenvalue weighted by atomic mass is 14.2. The van der Waals surface area contributed by atoms with Gasteiger partial charge >= 0.3 is 0 Å². The molecule has 0 aliphatic heterocycles. The normalized spacial score (nSPS) is 17.0. The largest absolute Gasteiger partial charge is 0.0801 e. The van der Waals surface area contributed by atoms with Crippen LogP contribution in [0, 0.1) is 0 Å². The van der Waals surface area contributed by atoms with Crippen LogP contribution in [0.4, 0.5) is 0 Å². The van der Waals surface area contributed by atoms with Crippen molar-refractivity contribution in [2.24, 2.45) is 0 Å². The molecule has 0 saturated heterocycles. The summed E-state index contributed by atoms with van der Waals surface area (Å²) in [6, 6.07) is 13.7. The Morgan fingerprint density at radius 3 is 1.56 bits per heavy atom. The molecule has 0 unspecified atom stereocenters. The zero-order valence-electron chi connectivity index (χ0n) is 15.4. The highest BCUT2D eigenvalue weighted by Crippen LogP contribution is 2.38. The van der Waals surface area contributed by atoms with Crippen molar-refractivity contribution in [3.63, 3.8) is 0 Å². The second-order valence-corrected chi connectivity index (χ2v) is 7.42. The first-order chi connectivity index (χ1) is 13.3. The molecule has 0 amide bonds. The molecule has 0 bridgehead atoms. The fraction of sp³-hybridized carbons (Fsp3) is 0.111. The number of hydrogen-bond donors (Lipinski definition) is 0. The smallest absolute Gasteiger partial charge is 0.00130 e. The predicted molar refractivity (Wildman–Crippen MR) is 116 cm³/mol. The zero-order valence-corrected chi connectivity index (χ0v) is 15.4. The van der Waals surface area contributed by atoms with Gasteiger partial charge in [0.2, 0.25) is 0 Å². The van der Waals surface area contributed by atoms with E-state index >= 15 is 0 Å². The Hall–Kier alpha value is -3.12. The van der Waals surface area contributed by atoms with Crippen molar-refractivity contribution in [3.05, 3.63) is 118 Å². The molecule has 0 spiro atoms. The maximum atomic E-state index is 2.35. The first kappa shape index (κ1) is 16.1. The lowest BCUT2D eigenvalue weighted by molar-refractivity contribution is 1.26. The van der Waals surface area contributed by atoms with E-state index in [4.69, 9.17) is 0 Å². The molecule has 2 aromatic carbocycles. The Morgan fingerprint density at radius 2 is 1.11 bits per heavy atom. The standard InChI is InChI=1S/C27H22/c1-2-6-20(5-1)9-11-22-13-15-26-24(17-22)19-25-18-23(14-16-27(25)26)12-10-21-7-3-4-8-21/h1-5,7,9-18H,6,8,19H2/b11-9+,12-10+. The fourth-order valence-corrected chi connectivity index (χ4v) is 4.04. The minimum atomic E-state index is 1.03. The monoisotopic (exact) mass is 346 g/mol. The van der Waals surface area contributed by atoms with E-state index in [0.29, 0.717) is 0 Å². The molecule has 3 aliphatic rings. The zero-order chi connectivity index (χ0) is 18.1. The van der Waals surface area contributed by atoms with Gasteiger partial charge in [0, 0.05) is 0 Å². The highest BCUT2D eigenvalue weighted by Gasteiger charge is 2.18. The third-order valence-electron chi connectivity index (χ3n) is 5.51. The lowest BCUT2D eigenvalue weighted by Gasteiger charge is -2.03. The molecule has 0 atom stereocenters. The Bertz CT molecular complexity index is 994. The van der Waals surface area contributed by atoms with Crippen molar-refractivity contribution in [2.45, 2.75) is 19.3 Å². The summed E-state index contributed by atoms with van der Waals surface area (Å²) in [5.74, 6) is 0. The van der Waals surface area contributed by atoms with Gasteiger partial charge in [-0.25, -0.2) is 0 Å². The first-order valence-corrected chi connectivity index (χ1v) is 9.69. The number of allylic oxidation sites excluding steroid dienone is 10. The molecule has 0 heterocycles. The maximum absolute atomic E-state index is 2.35. The molecule has 3 aliphatic carbocycles. The molecule has 0 radical (unpaired) electrons. The first-order valence-electron chi connectivity index (χ1n) is 9.69. The molecule has 5 rings (SSSR count). The van der Waals surface area contributed by atoms with Crippen molar-refractivity contribution in [2.75, 3.05) is 0 Å². The molecule has 130 valence electrons. The van der Waals surface area contributed by atoms with E-state index in [1.165, 1.54) is 44.5 Å². The summed E-state index contributed by atoms with van der Waals surface area (Å²) in [4.78, 5) is 0. The second kappa shape index (κ2) is 6.89. The van der Waals surface area contributed by atoms with E-state index in [9.17, 15) is 0 Å². The molecule has 0 aromatic heterocycles. The van der Waals surface area contributed by atoms with E-state index in [-0.39, 0.29) is 0 Å². The quantitative estimate of drug-likeness (QED) is 0.474. The van der Waals surface area contributed by atoms with Crippen LogP contribution < -0.4 is 0 Å². The van der Waals surface area contributed by atoms with Crippen LogP contribution in [-0.4, -0.2) is 0 Å². The van der Waals surface area contributed by atoms with Crippen LogP contribution >= 0.6 is 0 Å². The SMILES string of the molecule is C1=CCC(/C=C/c2ccc3c(c2)Cc2cc(/C=C/C4=CC=CC4)ccc2-3)=C1. The van der Waals surface area contributed by atoms with Gasteiger partial charge in [-0.05, 0) is 63.8 Å². The lowest BCUT2D eigenvalue weighted by atomic mass is 10.0. The average molecular weight is 346 g/mol. The number of hydrogen-bond acceptors (Lipinski definition) is 0. The summed E-state index contributed by atoms with van der Waals surface area (Å²) < 4.78 is 0. The Morgan fingerprint density at radius 1 is 0.593 bits per heavy atom. The summed E-state index contributed by atoms with van der Waals surface area (Å²) in [6.07, 6.45) is 25.1. The molecule has 0 nitrogen and oxygen atoms in total. The lowest BCUT2D eigenvalue weighted by Crippen LogP contribution is -1.83. The summed E-state index contributed by atoms with van der Waals surface area (Å²) in [7, 11) is 0. The van der Waals surface area contributed by atoms with Crippen LogP contribution in [-0.2, 0) is 6.42 Å². The third-order valence-corrected chi connectivity index (χ3v) is 5.51. The van der Waals surface area contributed by atoms with Gasteiger partial charge in [0.05, 0.1) is 0 Å². The van der Waals surface area contributed by atoms with Crippen LogP contribution in [0.2, 0.25) is 0 Å². The Balaban J connectivity index is 1.36. The predicted octanol–water partition coefficient (Wildman–Crippen LogP) is 7.06. The molecule has 2 aromatic rings. The van der Waals surface area contributed by atoms with Crippen molar-refractivity contribution < 1.29 is 0 Å². The fourth-order valence-electron chi connectivity index (χ4n) is 4.04. The summed E-state index contributed by atoms with van der Waals surface area (Å²) in [5.41, 5.74) is 11.0. The highest BCUT2D eigenvalue weighted by molar-refractivity contribution is 5.79. The minimum absolute atomic E-state index is 1.03. The van der Waals surface area contributed by atoms with Gasteiger partial charge < -0.3 is 0 Å². The molecule has 0 saturated carbocycles. The van der Waals surface area contributed by atoms with Crippen molar-refractivity contribution in [1.29, 1.82) is 0 Å². The maximum Gasteiger partial charge on any atom is -0.00130 e. The summed E-state index contributed by atoms with van der Waals surface area (Å²) >= 11 is 0. The van der Waals surface area contributed by atoms with Crippen LogP contribution in [0.1, 0.15) is 35.1 Å². The van der Waals surface area contributed by atoms with Gasteiger partial charge in [0.1, 0.15) is 0 Å². The van der Waals surface area contributed by atoms with Crippen molar-refractivity contribution >= 4 is 12.2 Å². The van der Waals surface area contributed by atoms with Crippen LogP contribution in [0.3, 0.4) is 0 Å². The molecule has 0 fully saturated rings. The molecule has 0 heteroatoms. The Kier molecular flexibility index (Phi) is 4.10. The van der Waals surface area contributed by atoms with E-state index in [1.54, 1.807) is 0 Å². The molecular formula is C27H22. The number of benzene rings is 2. The number of fused-ring (bicyclic) bond motifs is 3. The van der Waals surface area contributed by atoms with Crippen LogP contribution in [0.25, 0.3) is 23.3 Å². The van der Waals surface area contributed by atoms with Gasteiger partial charge in [-0.1, -0.05) is 97.2 Å². The second-order valence-electron chi connectivity index (χ2n) is 7.42. The average Bonchev–Trinajstić information content (AvgIpc) is 3.44. The number of rotatable bonds is 4.